The number of benzene rings is 1. The number of amides is 1. The summed E-state index contributed by atoms with van der Waals surface area (Å²) in [5.41, 5.74) is 1.42. The van der Waals surface area contributed by atoms with Gasteiger partial charge in [0.1, 0.15) is 11.5 Å². The molecule has 1 aromatic carbocycles. The van der Waals surface area contributed by atoms with Gasteiger partial charge >= 0.3 is 0 Å². The quantitative estimate of drug-likeness (QED) is 0.668. The van der Waals surface area contributed by atoms with Gasteiger partial charge in [-0.25, -0.2) is 17.5 Å². The monoisotopic (exact) mass is 396 g/mol. The Bertz CT molecular complexity index is 934. The number of sulfonamides is 1. The molecule has 0 saturated carbocycles. The molecule has 0 bridgehead atoms. The van der Waals surface area contributed by atoms with E-state index in [4.69, 9.17) is 4.74 Å². The second kappa shape index (κ2) is 7.75. The topological polar surface area (TPSA) is 102 Å². The van der Waals surface area contributed by atoms with Gasteiger partial charge in [0.05, 0.1) is 18.0 Å². The highest BCUT2D eigenvalue weighted by atomic mass is 32.2. The maximum Gasteiger partial charge on any atom is 0.271 e. The number of carbonyl (C=O) groups excluding carboxylic acids is 1. The van der Waals surface area contributed by atoms with Crippen molar-refractivity contribution in [1.82, 2.24) is 19.8 Å². The average molecular weight is 396 g/mol. The number of halogens is 1. The fourth-order valence-corrected chi connectivity index (χ4v) is 4.12. The van der Waals surface area contributed by atoms with E-state index in [1.807, 2.05) is 0 Å². The first-order valence-corrected chi connectivity index (χ1v) is 9.91. The highest BCUT2D eigenvalue weighted by molar-refractivity contribution is 7.89. The van der Waals surface area contributed by atoms with Crippen LogP contribution in [0.4, 0.5) is 4.39 Å². The smallest absolute Gasteiger partial charge is 0.271 e. The molecule has 0 radical (unpaired) electrons. The Kier molecular flexibility index (Phi) is 5.59. The second-order valence-corrected chi connectivity index (χ2v) is 8.10. The van der Waals surface area contributed by atoms with Crippen LogP contribution < -0.4 is 10.0 Å². The molecule has 1 aliphatic heterocycles. The molecule has 0 aliphatic carbocycles. The highest BCUT2D eigenvalue weighted by Crippen LogP contribution is 2.19. The first-order chi connectivity index (χ1) is 12.8. The lowest BCUT2D eigenvalue weighted by Crippen LogP contribution is -2.36. The molecule has 2 heterocycles. The van der Waals surface area contributed by atoms with Gasteiger partial charge in [0.25, 0.3) is 5.91 Å². The fraction of sp³-hybridized carbons (Fsp3) is 0.412. The minimum absolute atomic E-state index is 0.117. The van der Waals surface area contributed by atoms with Crippen molar-refractivity contribution in [2.24, 2.45) is 0 Å². The standard InChI is InChI=1S/C17H21FN4O4S/c1-11-3-4-14(9-15(11)18)27(24,25)21-12-7-13-8-16(20-22(13)10-12)17(23)19-5-6-26-2/h3-4,8-9,12,21H,5-7,10H2,1-2H3,(H,19,23)/t12-/m0/s1. The van der Waals surface area contributed by atoms with E-state index in [1.54, 1.807) is 24.8 Å². The number of nitrogens with one attached hydrogen (secondary N) is 2. The van der Waals surface area contributed by atoms with Gasteiger partial charge in [-0.15, -0.1) is 0 Å². The summed E-state index contributed by atoms with van der Waals surface area (Å²) in [6.45, 7) is 2.65. The van der Waals surface area contributed by atoms with Gasteiger partial charge in [-0.3, -0.25) is 9.48 Å². The average Bonchev–Trinajstić information content (AvgIpc) is 3.15. The lowest BCUT2D eigenvalue weighted by molar-refractivity contribution is 0.0931. The molecule has 146 valence electrons. The lowest BCUT2D eigenvalue weighted by atomic mass is 10.2. The third-order valence-corrected chi connectivity index (χ3v) is 5.83. The molecule has 10 heteroatoms. The summed E-state index contributed by atoms with van der Waals surface area (Å²) in [4.78, 5) is 11.9. The maximum absolute atomic E-state index is 13.7. The molecule has 3 rings (SSSR count). The number of fused-ring (bicyclic) bond motifs is 1. The molecule has 1 aliphatic rings. The molecule has 2 N–H and O–H groups in total. The number of aryl methyl sites for hydroxylation is 1. The van der Waals surface area contributed by atoms with Crippen molar-refractivity contribution >= 4 is 15.9 Å². The summed E-state index contributed by atoms with van der Waals surface area (Å²) in [6, 6.07) is 5.04. The van der Waals surface area contributed by atoms with E-state index in [0.29, 0.717) is 31.7 Å². The molecule has 0 saturated heterocycles. The summed E-state index contributed by atoms with van der Waals surface area (Å²) in [6.07, 6.45) is 0.395. The van der Waals surface area contributed by atoms with E-state index in [9.17, 15) is 17.6 Å². The Morgan fingerprint density at radius 3 is 2.85 bits per heavy atom. The molecule has 0 spiro atoms. The Labute approximate surface area is 156 Å². The number of methoxy groups -OCH3 is 1. The number of ether oxygens (including phenoxy) is 1. The largest absolute Gasteiger partial charge is 0.383 e. The van der Waals surface area contributed by atoms with Gasteiger partial charge in [0.2, 0.25) is 10.0 Å². The number of hydrogen-bond acceptors (Lipinski definition) is 5. The highest BCUT2D eigenvalue weighted by Gasteiger charge is 2.29. The number of aromatic nitrogens is 2. The molecular weight excluding hydrogens is 375 g/mol. The van der Waals surface area contributed by atoms with E-state index in [-0.39, 0.29) is 16.5 Å². The van der Waals surface area contributed by atoms with Gasteiger partial charge in [-0.2, -0.15) is 5.10 Å². The molecule has 8 nitrogen and oxygen atoms in total. The van der Waals surface area contributed by atoms with Crippen LogP contribution >= 0.6 is 0 Å². The van der Waals surface area contributed by atoms with Gasteiger partial charge in [0.15, 0.2) is 0 Å². The van der Waals surface area contributed by atoms with Crippen molar-refractivity contribution in [3.63, 3.8) is 0 Å². The van der Waals surface area contributed by atoms with Crippen molar-refractivity contribution in [1.29, 1.82) is 0 Å². The zero-order chi connectivity index (χ0) is 19.6. The zero-order valence-corrected chi connectivity index (χ0v) is 15.8. The number of rotatable bonds is 7. The third kappa shape index (κ3) is 4.34. The lowest BCUT2D eigenvalue weighted by Gasteiger charge is -2.13. The van der Waals surface area contributed by atoms with E-state index in [1.165, 1.54) is 12.1 Å². The first kappa shape index (κ1) is 19.5. The third-order valence-electron chi connectivity index (χ3n) is 4.31. The fourth-order valence-electron chi connectivity index (χ4n) is 2.88. The minimum atomic E-state index is -3.84. The summed E-state index contributed by atoms with van der Waals surface area (Å²) in [5, 5.41) is 6.90. The molecular formula is C17H21FN4O4S. The SMILES string of the molecule is COCCNC(=O)c1cc2n(n1)C[C@@H](NS(=O)(=O)c1ccc(C)c(F)c1)C2. The Morgan fingerprint density at radius 1 is 1.41 bits per heavy atom. The van der Waals surface area contributed by atoms with Crippen LogP contribution in [0.25, 0.3) is 0 Å². The minimum Gasteiger partial charge on any atom is -0.383 e. The van der Waals surface area contributed by atoms with E-state index < -0.39 is 21.9 Å². The second-order valence-electron chi connectivity index (χ2n) is 6.39. The van der Waals surface area contributed by atoms with Crippen LogP contribution in [-0.4, -0.2) is 50.4 Å². The molecule has 0 fully saturated rings. The predicted octanol–water partition coefficient (Wildman–Crippen LogP) is 0.610. The summed E-state index contributed by atoms with van der Waals surface area (Å²) in [7, 11) is -2.30. The van der Waals surface area contributed by atoms with Gasteiger partial charge in [-0.1, -0.05) is 6.07 Å². The molecule has 1 amide bonds. The van der Waals surface area contributed by atoms with Gasteiger partial charge in [-0.05, 0) is 30.7 Å². The Balaban J connectivity index is 1.64. The van der Waals surface area contributed by atoms with Crippen molar-refractivity contribution in [2.75, 3.05) is 20.3 Å². The predicted molar refractivity (Wildman–Crippen MR) is 95.4 cm³/mol. The van der Waals surface area contributed by atoms with Crippen molar-refractivity contribution < 1.29 is 22.3 Å². The van der Waals surface area contributed by atoms with Crippen molar-refractivity contribution in [3.05, 3.63) is 47.0 Å². The van der Waals surface area contributed by atoms with Crippen molar-refractivity contribution in [2.45, 2.75) is 30.8 Å². The number of nitrogens with zero attached hydrogens (tertiary/aromatic N) is 2. The molecule has 2 aromatic rings. The summed E-state index contributed by atoms with van der Waals surface area (Å²) < 4.78 is 47.6. The normalized spacial score (nSPS) is 16.3. The molecule has 0 unspecified atom stereocenters. The summed E-state index contributed by atoms with van der Waals surface area (Å²) in [5.74, 6) is -0.873. The number of carbonyl (C=O) groups is 1. The van der Waals surface area contributed by atoms with Crippen LogP contribution in [0.15, 0.2) is 29.2 Å². The Hall–Kier alpha value is -2.30. The Morgan fingerprint density at radius 2 is 2.19 bits per heavy atom. The molecule has 1 atom stereocenters. The van der Waals surface area contributed by atoms with Crippen LogP contribution in [0.3, 0.4) is 0 Å². The van der Waals surface area contributed by atoms with E-state index in [2.05, 4.69) is 15.1 Å². The van der Waals surface area contributed by atoms with Gasteiger partial charge < -0.3 is 10.1 Å². The van der Waals surface area contributed by atoms with Crippen LogP contribution in [0.1, 0.15) is 21.7 Å². The zero-order valence-electron chi connectivity index (χ0n) is 15.0. The number of hydrogen-bond donors (Lipinski definition) is 2. The molecule has 1 aromatic heterocycles. The maximum atomic E-state index is 13.7. The van der Waals surface area contributed by atoms with E-state index >= 15 is 0 Å². The first-order valence-electron chi connectivity index (χ1n) is 8.42. The van der Waals surface area contributed by atoms with Gasteiger partial charge in [0, 0.05) is 31.8 Å². The molecule has 27 heavy (non-hydrogen) atoms. The van der Waals surface area contributed by atoms with Crippen LogP contribution in [0, 0.1) is 12.7 Å². The van der Waals surface area contributed by atoms with Crippen LogP contribution in [0.5, 0.6) is 0 Å². The van der Waals surface area contributed by atoms with Crippen LogP contribution in [-0.2, 0) is 27.7 Å². The van der Waals surface area contributed by atoms with E-state index in [0.717, 1.165) is 11.8 Å². The van der Waals surface area contributed by atoms with Crippen LogP contribution in [0.2, 0.25) is 0 Å². The summed E-state index contributed by atoms with van der Waals surface area (Å²) >= 11 is 0. The van der Waals surface area contributed by atoms with Crippen molar-refractivity contribution in [3.8, 4) is 0 Å².